The van der Waals surface area contributed by atoms with Gasteiger partial charge < -0.3 is 14.6 Å². The maximum Gasteiger partial charge on any atom is 0.270 e. The number of anilines is 1. The van der Waals surface area contributed by atoms with Crippen molar-refractivity contribution in [3.05, 3.63) is 64.4 Å². The number of aromatic nitrogens is 4. The molecular formula is C21H24N6O3. The van der Waals surface area contributed by atoms with Gasteiger partial charge in [-0.05, 0) is 25.7 Å². The zero-order valence-electron chi connectivity index (χ0n) is 17.0. The lowest BCUT2D eigenvalue weighted by Gasteiger charge is -2.34. The van der Waals surface area contributed by atoms with Crippen LogP contribution in [-0.4, -0.2) is 42.6 Å². The summed E-state index contributed by atoms with van der Waals surface area (Å²) in [5.74, 6) is 2.11. The zero-order chi connectivity index (χ0) is 21.3. The van der Waals surface area contributed by atoms with Crippen LogP contribution in [0.4, 0.5) is 11.5 Å². The second kappa shape index (κ2) is 8.19. The first-order valence-electron chi connectivity index (χ1n) is 9.93. The molecule has 0 radical (unpaired) electrons. The zero-order valence-corrected chi connectivity index (χ0v) is 17.0. The Morgan fingerprint density at radius 1 is 1.23 bits per heavy atom. The first-order chi connectivity index (χ1) is 14.4. The summed E-state index contributed by atoms with van der Waals surface area (Å²) < 4.78 is 1.86. The van der Waals surface area contributed by atoms with Gasteiger partial charge in [0.1, 0.15) is 17.7 Å². The largest absolute Gasteiger partial charge is 0.385 e. The number of benzene rings is 1. The molecule has 0 saturated carbocycles. The predicted molar refractivity (Wildman–Crippen MR) is 112 cm³/mol. The third kappa shape index (κ3) is 4.02. The second-order valence-electron chi connectivity index (χ2n) is 7.66. The van der Waals surface area contributed by atoms with Crippen molar-refractivity contribution in [2.75, 3.05) is 18.0 Å². The average molecular weight is 408 g/mol. The molecule has 0 bridgehead atoms. The summed E-state index contributed by atoms with van der Waals surface area (Å²) in [5, 5.41) is 21.8. The average Bonchev–Trinajstić information content (AvgIpc) is 3.19. The molecule has 1 N–H and O–H groups in total. The molecule has 1 saturated heterocycles. The standard InChI is InChI=1S/C21H24N6O3/c1-14-12-18(24-20(23-14)16-4-3-5-17(13-16)27(29)30)26-9-6-15(7-10-26)19(28)21-22-8-11-25(21)2/h3-5,8,11-13,15,19,28H,6-7,9-10H2,1-2H3. The summed E-state index contributed by atoms with van der Waals surface area (Å²) in [6.07, 6.45) is 4.60. The molecule has 1 aliphatic rings. The van der Waals surface area contributed by atoms with Crippen molar-refractivity contribution in [3.63, 3.8) is 0 Å². The predicted octanol–water partition coefficient (Wildman–Crippen LogP) is 3.04. The number of imidazole rings is 1. The van der Waals surface area contributed by atoms with Gasteiger partial charge in [-0.15, -0.1) is 0 Å². The van der Waals surface area contributed by atoms with Crippen LogP contribution in [0.2, 0.25) is 0 Å². The monoisotopic (exact) mass is 408 g/mol. The van der Waals surface area contributed by atoms with Crippen molar-refractivity contribution in [2.45, 2.75) is 25.9 Å². The number of nitrogens with zero attached hydrogens (tertiary/aromatic N) is 6. The first kappa shape index (κ1) is 20.0. The number of piperidine rings is 1. The molecule has 4 rings (SSSR count). The van der Waals surface area contributed by atoms with Crippen LogP contribution in [0.15, 0.2) is 42.7 Å². The maximum atomic E-state index is 11.1. The molecule has 0 aliphatic carbocycles. The Bertz CT molecular complexity index is 1060. The van der Waals surface area contributed by atoms with Gasteiger partial charge in [-0.2, -0.15) is 0 Å². The lowest BCUT2D eigenvalue weighted by Crippen LogP contribution is -2.36. The normalized spacial score (nSPS) is 15.9. The van der Waals surface area contributed by atoms with Crippen molar-refractivity contribution < 1.29 is 10.0 Å². The fourth-order valence-corrected chi connectivity index (χ4v) is 3.92. The van der Waals surface area contributed by atoms with Crippen LogP contribution < -0.4 is 4.90 Å². The Morgan fingerprint density at radius 2 is 2.00 bits per heavy atom. The Hall–Kier alpha value is -3.33. The SMILES string of the molecule is Cc1cc(N2CCC(C(O)c3nccn3C)CC2)nc(-c2cccc([N+](=O)[O-])c2)n1. The Kier molecular flexibility index (Phi) is 5.45. The van der Waals surface area contributed by atoms with E-state index in [4.69, 9.17) is 0 Å². The molecule has 1 unspecified atom stereocenters. The third-order valence-corrected chi connectivity index (χ3v) is 5.59. The second-order valence-corrected chi connectivity index (χ2v) is 7.66. The summed E-state index contributed by atoms with van der Waals surface area (Å²) >= 11 is 0. The minimum absolute atomic E-state index is 0.0169. The van der Waals surface area contributed by atoms with E-state index in [0.717, 1.165) is 37.4 Å². The molecule has 0 amide bonds. The van der Waals surface area contributed by atoms with E-state index in [1.54, 1.807) is 18.3 Å². The number of hydrogen-bond acceptors (Lipinski definition) is 7. The van der Waals surface area contributed by atoms with E-state index in [9.17, 15) is 15.2 Å². The van der Waals surface area contributed by atoms with Crippen LogP contribution >= 0.6 is 0 Å². The minimum atomic E-state index is -0.584. The molecule has 1 aromatic carbocycles. The molecule has 2 aromatic heterocycles. The molecule has 3 aromatic rings. The summed E-state index contributed by atoms with van der Waals surface area (Å²) in [6, 6.07) is 8.30. The van der Waals surface area contributed by atoms with Gasteiger partial charge in [-0.1, -0.05) is 12.1 Å². The number of aliphatic hydroxyl groups is 1. The quantitative estimate of drug-likeness (QED) is 0.510. The van der Waals surface area contributed by atoms with Crippen LogP contribution in [0.1, 0.15) is 30.5 Å². The number of aliphatic hydroxyl groups excluding tert-OH is 1. The number of hydrogen-bond donors (Lipinski definition) is 1. The van der Waals surface area contributed by atoms with E-state index in [1.807, 2.05) is 30.8 Å². The molecule has 156 valence electrons. The van der Waals surface area contributed by atoms with Gasteiger partial charge in [0.2, 0.25) is 0 Å². The highest BCUT2D eigenvalue weighted by Gasteiger charge is 2.29. The topological polar surface area (TPSA) is 110 Å². The maximum absolute atomic E-state index is 11.1. The van der Waals surface area contributed by atoms with E-state index >= 15 is 0 Å². The van der Waals surface area contributed by atoms with Crippen molar-refractivity contribution in [1.29, 1.82) is 0 Å². The first-order valence-corrected chi connectivity index (χ1v) is 9.93. The Labute approximate surface area is 174 Å². The number of rotatable bonds is 5. The Morgan fingerprint density at radius 3 is 2.67 bits per heavy atom. The fraction of sp³-hybridized carbons (Fsp3) is 0.381. The van der Waals surface area contributed by atoms with E-state index in [1.165, 1.54) is 12.1 Å². The number of nitro groups is 1. The summed E-state index contributed by atoms with van der Waals surface area (Å²) in [7, 11) is 1.89. The van der Waals surface area contributed by atoms with E-state index in [2.05, 4.69) is 19.9 Å². The fourth-order valence-electron chi connectivity index (χ4n) is 3.92. The Balaban J connectivity index is 1.51. The molecule has 0 spiro atoms. The molecule has 30 heavy (non-hydrogen) atoms. The van der Waals surface area contributed by atoms with Gasteiger partial charge in [-0.25, -0.2) is 15.0 Å². The number of aryl methyl sites for hydroxylation is 2. The molecular weight excluding hydrogens is 384 g/mol. The van der Waals surface area contributed by atoms with E-state index in [-0.39, 0.29) is 11.6 Å². The number of nitro benzene ring substituents is 1. The van der Waals surface area contributed by atoms with E-state index < -0.39 is 11.0 Å². The molecule has 3 heterocycles. The summed E-state index contributed by atoms with van der Waals surface area (Å²) in [4.78, 5) is 26.3. The van der Waals surface area contributed by atoms with E-state index in [0.29, 0.717) is 17.2 Å². The highest BCUT2D eigenvalue weighted by atomic mass is 16.6. The van der Waals surface area contributed by atoms with Crippen LogP contribution in [0.3, 0.4) is 0 Å². The smallest absolute Gasteiger partial charge is 0.270 e. The van der Waals surface area contributed by atoms with Crippen molar-refractivity contribution in [3.8, 4) is 11.4 Å². The van der Waals surface area contributed by atoms with Crippen LogP contribution in [0, 0.1) is 23.0 Å². The van der Waals surface area contributed by atoms with Gasteiger partial charge in [0.15, 0.2) is 5.82 Å². The molecule has 1 atom stereocenters. The van der Waals surface area contributed by atoms with Crippen molar-refractivity contribution >= 4 is 11.5 Å². The van der Waals surface area contributed by atoms with Crippen LogP contribution in [0.25, 0.3) is 11.4 Å². The van der Waals surface area contributed by atoms with Gasteiger partial charge in [0, 0.05) is 62.0 Å². The summed E-state index contributed by atoms with van der Waals surface area (Å²) in [6.45, 7) is 3.41. The van der Waals surface area contributed by atoms with Gasteiger partial charge in [-0.3, -0.25) is 10.1 Å². The van der Waals surface area contributed by atoms with Crippen molar-refractivity contribution in [2.24, 2.45) is 13.0 Å². The third-order valence-electron chi connectivity index (χ3n) is 5.59. The molecule has 1 fully saturated rings. The van der Waals surface area contributed by atoms with Crippen molar-refractivity contribution in [1.82, 2.24) is 19.5 Å². The molecule has 9 heteroatoms. The lowest BCUT2D eigenvalue weighted by molar-refractivity contribution is -0.384. The molecule has 1 aliphatic heterocycles. The highest BCUT2D eigenvalue weighted by molar-refractivity contribution is 5.61. The lowest BCUT2D eigenvalue weighted by atomic mass is 9.90. The van der Waals surface area contributed by atoms with Gasteiger partial charge >= 0.3 is 0 Å². The van der Waals surface area contributed by atoms with Crippen LogP contribution in [-0.2, 0) is 7.05 Å². The highest BCUT2D eigenvalue weighted by Crippen LogP contribution is 2.32. The van der Waals surface area contributed by atoms with Crippen LogP contribution in [0.5, 0.6) is 0 Å². The number of non-ortho nitro benzene ring substituents is 1. The summed E-state index contributed by atoms with van der Waals surface area (Å²) in [5.41, 5.74) is 1.44. The van der Waals surface area contributed by atoms with Gasteiger partial charge in [0.25, 0.3) is 5.69 Å². The minimum Gasteiger partial charge on any atom is -0.385 e. The van der Waals surface area contributed by atoms with Gasteiger partial charge in [0.05, 0.1) is 4.92 Å². The molecule has 9 nitrogen and oxygen atoms in total.